The van der Waals surface area contributed by atoms with Gasteiger partial charge in [0.05, 0.1) is 11.0 Å². The van der Waals surface area contributed by atoms with E-state index in [1.807, 2.05) is 78.9 Å². The van der Waals surface area contributed by atoms with Gasteiger partial charge in [-0.05, 0) is 76.9 Å². The average molecular weight is 766 g/mol. The highest BCUT2D eigenvalue weighted by Crippen LogP contribution is 2.38. The van der Waals surface area contributed by atoms with Crippen LogP contribution in [0.5, 0.6) is 0 Å². The lowest BCUT2D eigenvalue weighted by molar-refractivity contribution is 0.669. The Labute approximate surface area is 358 Å². The van der Waals surface area contributed by atoms with Crippen molar-refractivity contribution in [2.75, 3.05) is 0 Å². The average Bonchev–Trinajstić information content (AvgIpc) is 3.85. The van der Waals surface area contributed by atoms with Crippen LogP contribution >= 0.6 is 0 Å². The first-order valence-corrected chi connectivity index (χ1v) is 19.8. The van der Waals surface area contributed by atoms with Crippen molar-refractivity contribution in [3.8, 4) is 62.1 Å². The Morgan fingerprint density at radius 1 is 0.344 bits per heavy atom. The second-order valence-corrected chi connectivity index (χ2v) is 15.1. The van der Waals surface area contributed by atoms with Gasteiger partial charge in [0.1, 0.15) is 50.4 Å². The molecular formula is C51H27B5N4O. The van der Waals surface area contributed by atoms with Gasteiger partial charge in [0.2, 0.25) is 0 Å². The summed E-state index contributed by atoms with van der Waals surface area (Å²) in [5.41, 5.74) is 12.0. The summed E-state index contributed by atoms with van der Waals surface area (Å²) in [5, 5.41) is 4.44. The zero-order chi connectivity index (χ0) is 41.4. The fraction of sp³-hybridized carbons (Fsp3) is 0. The first-order chi connectivity index (χ1) is 29.8. The zero-order valence-electron chi connectivity index (χ0n) is 32.7. The number of benzene rings is 8. The summed E-state index contributed by atoms with van der Waals surface area (Å²) in [4.78, 5) is 14.9. The maximum absolute atomic E-state index is 6.49. The van der Waals surface area contributed by atoms with Gasteiger partial charge in [0.25, 0.3) is 0 Å². The molecule has 0 saturated heterocycles. The minimum Gasteiger partial charge on any atom is -0.456 e. The van der Waals surface area contributed by atoms with E-state index >= 15 is 0 Å². The highest BCUT2D eigenvalue weighted by atomic mass is 16.3. The molecule has 3 heterocycles. The zero-order valence-corrected chi connectivity index (χ0v) is 32.7. The molecule has 0 spiro atoms. The van der Waals surface area contributed by atoms with Crippen molar-refractivity contribution in [1.29, 1.82) is 0 Å². The second kappa shape index (κ2) is 14.5. The smallest absolute Gasteiger partial charge is 0.164 e. The van der Waals surface area contributed by atoms with Crippen LogP contribution in [-0.4, -0.2) is 58.8 Å². The van der Waals surface area contributed by atoms with Gasteiger partial charge in [0, 0.05) is 43.9 Å². The number of para-hydroxylation sites is 2. The number of hydrogen-bond donors (Lipinski definition) is 0. The van der Waals surface area contributed by atoms with E-state index in [0.717, 1.165) is 66.5 Å². The van der Waals surface area contributed by atoms with Crippen molar-refractivity contribution in [3.63, 3.8) is 0 Å². The fourth-order valence-corrected chi connectivity index (χ4v) is 8.40. The lowest BCUT2D eigenvalue weighted by atomic mass is 9.59. The molecule has 5 nitrogen and oxygen atoms in total. The molecule has 10 heteroatoms. The molecule has 0 N–H and O–H groups in total. The summed E-state index contributed by atoms with van der Waals surface area (Å²) in [6.45, 7) is 0. The topological polar surface area (TPSA) is 56.7 Å². The summed E-state index contributed by atoms with van der Waals surface area (Å²) in [5.74, 6) is 1.54. The van der Waals surface area contributed by atoms with Gasteiger partial charge in [0.15, 0.2) is 17.5 Å². The Hall–Kier alpha value is -7.31. The highest BCUT2D eigenvalue weighted by molar-refractivity contribution is 6.68. The van der Waals surface area contributed by atoms with E-state index in [9.17, 15) is 0 Å². The molecule has 272 valence electrons. The van der Waals surface area contributed by atoms with Crippen molar-refractivity contribution in [2.24, 2.45) is 0 Å². The molecule has 0 aliphatic carbocycles. The van der Waals surface area contributed by atoms with Crippen molar-refractivity contribution in [2.45, 2.75) is 0 Å². The summed E-state index contributed by atoms with van der Waals surface area (Å²) < 4.78 is 8.82. The molecule has 8 aromatic carbocycles. The fourth-order valence-electron chi connectivity index (χ4n) is 8.40. The van der Waals surface area contributed by atoms with E-state index in [1.54, 1.807) is 0 Å². The second-order valence-electron chi connectivity index (χ2n) is 15.1. The van der Waals surface area contributed by atoms with E-state index in [4.69, 9.17) is 58.6 Å². The molecular weight excluding hydrogens is 739 g/mol. The van der Waals surface area contributed by atoms with E-state index in [0.29, 0.717) is 23.0 Å². The van der Waals surface area contributed by atoms with Gasteiger partial charge in [-0.1, -0.05) is 120 Å². The van der Waals surface area contributed by atoms with Gasteiger partial charge in [-0.2, -0.15) is 0 Å². The predicted molar refractivity (Wildman–Crippen MR) is 256 cm³/mol. The van der Waals surface area contributed by atoms with Crippen LogP contribution in [0.4, 0.5) is 0 Å². The number of aromatic nitrogens is 4. The molecule has 0 unspecified atom stereocenters. The lowest BCUT2D eigenvalue weighted by Crippen LogP contribution is -2.55. The van der Waals surface area contributed by atoms with Crippen LogP contribution in [0.25, 0.3) is 106 Å². The predicted octanol–water partition coefficient (Wildman–Crippen LogP) is 7.17. The van der Waals surface area contributed by atoms with E-state index < -0.39 is 0 Å². The number of fused-ring (bicyclic) bond motifs is 6. The third-order valence-corrected chi connectivity index (χ3v) is 11.5. The molecule has 0 atom stereocenters. The van der Waals surface area contributed by atoms with Crippen molar-refractivity contribution < 1.29 is 4.42 Å². The molecule has 0 aliphatic heterocycles. The van der Waals surface area contributed by atoms with Gasteiger partial charge < -0.3 is 8.98 Å². The molecule has 0 bridgehead atoms. The number of furan rings is 1. The third kappa shape index (κ3) is 6.12. The summed E-state index contributed by atoms with van der Waals surface area (Å²) >= 11 is 0. The van der Waals surface area contributed by atoms with Crippen LogP contribution in [-0.2, 0) is 0 Å². The van der Waals surface area contributed by atoms with E-state index in [2.05, 4.69) is 89.5 Å². The molecule has 0 fully saturated rings. The number of hydrogen-bond acceptors (Lipinski definition) is 4. The standard InChI is InChI=1S/C51H27B5N4O/c52-44-43(45(53)47(55)48(56)46(44)54)28-15-17-30(18-16-28)50-57-49(29-9-3-1-4-10-29)58-51(59-50)33-19-22-36-38-26-32(21-24-41(38)61-42(36)27-33)31-20-23-40-37(25-31)35-13-7-8-14-39(35)60(40)34-11-5-2-6-12-34/h1-27H. The van der Waals surface area contributed by atoms with Crippen LogP contribution in [0.15, 0.2) is 168 Å². The van der Waals surface area contributed by atoms with E-state index in [1.165, 1.54) is 16.3 Å². The van der Waals surface area contributed by atoms with Crippen molar-refractivity contribution in [3.05, 3.63) is 164 Å². The van der Waals surface area contributed by atoms with Crippen LogP contribution in [0.3, 0.4) is 0 Å². The number of nitrogens with zero attached hydrogens (tertiary/aromatic N) is 4. The maximum Gasteiger partial charge on any atom is 0.164 e. The molecule has 3 aromatic heterocycles. The van der Waals surface area contributed by atoms with Gasteiger partial charge >= 0.3 is 0 Å². The van der Waals surface area contributed by atoms with Crippen LogP contribution in [0.1, 0.15) is 0 Å². The minimum absolute atomic E-state index is 0.171. The van der Waals surface area contributed by atoms with E-state index in [-0.39, 0.29) is 27.3 Å². The van der Waals surface area contributed by atoms with Gasteiger partial charge in [-0.15, -0.1) is 16.4 Å². The summed E-state index contributed by atoms with van der Waals surface area (Å²) in [6, 6.07) is 55.7. The monoisotopic (exact) mass is 766 g/mol. The Morgan fingerprint density at radius 2 is 0.852 bits per heavy atom. The molecule has 61 heavy (non-hydrogen) atoms. The normalized spacial score (nSPS) is 11.6. The van der Waals surface area contributed by atoms with Crippen LogP contribution in [0, 0.1) is 0 Å². The third-order valence-electron chi connectivity index (χ3n) is 11.5. The van der Waals surface area contributed by atoms with Crippen molar-refractivity contribution in [1.82, 2.24) is 19.5 Å². The molecule has 11 aromatic rings. The first kappa shape index (κ1) is 36.8. The summed E-state index contributed by atoms with van der Waals surface area (Å²) in [6.07, 6.45) is 0. The number of rotatable bonds is 6. The first-order valence-electron chi connectivity index (χ1n) is 19.8. The summed E-state index contributed by atoms with van der Waals surface area (Å²) in [7, 11) is 31.1. The molecule has 0 aliphatic rings. The van der Waals surface area contributed by atoms with Crippen molar-refractivity contribution >= 4 is 110 Å². The highest BCUT2D eigenvalue weighted by Gasteiger charge is 2.18. The largest absolute Gasteiger partial charge is 0.456 e. The lowest BCUT2D eigenvalue weighted by Gasteiger charge is -2.21. The van der Waals surface area contributed by atoms with Gasteiger partial charge in [-0.25, -0.2) is 15.0 Å². The maximum atomic E-state index is 6.49. The quantitative estimate of drug-likeness (QED) is 0.169. The molecule has 11 rings (SSSR count). The minimum atomic E-state index is 0.171. The molecule has 10 radical (unpaired) electrons. The Balaban J connectivity index is 0.981. The SMILES string of the molecule is [B]c1c([B])c([B])c(-c2ccc(-c3nc(-c4ccccc4)nc(-c4ccc5c(c4)oc4ccc(-c6ccc7c(c6)c6ccccc6n7-c6ccccc6)cc45)n3)cc2)c([B])c1[B]. The molecule has 0 saturated carbocycles. The van der Waals surface area contributed by atoms with Gasteiger partial charge in [-0.3, -0.25) is 0 Å². The Kier molecular flexibility index (Phi) is 8.71. The van der Waals surface area contributed by atoms with Crippen LogP contribution < -0.4 is 27.3 Å². The Morgan fingerprint density at radius 3 is 1.56 bits per heavy atom. The Bertz CT molecular complexity index is 3500. The molecule has 0 amide bonds. The van der Waals surface area contributed by atoms with Crippen LogP contribution in [0.2, 0.25) is 0 Å².